The molecule has 1 unspecified atom stereocenters. The van der Waals surface area contributed by atoms with Crippen LogP contribution in [0.3, 0.4) is 0 Å². The van der Waals surface area contributed by atoms with Gasteiger partial charge in [-0.2, -0.15) is 0 Å². The Balaban J connectivity index is 2.31. The van der Waals surface area contributed by atoms with Gasteiger partial charge >= 0.3 is 0 Å². The molecule has 0 bridgehead atoms. The van der Waals surface area contributed by atoms with Gasteiger partial charge in [-0.25, -0.2) is 8.42 Å². The summed E-state index contributed by atoms with van der Waals surface area (Å²) < 4.78 is 28.5. The summed E-state index contributed by atoms with van der Waals surface area (Å²) in [6.07, 6.45) is 5.11. The van der Waals surface area contributed by atoms with E-state index < -0.39 is 15.9 Å². The van der Waals surface area contributed by atoms with Crippen molar-refractivity contribution in [1.82, 2.24) is 0 Å². The summed E-state index contributed by atoms with van der Waals surface area (Å²) in [7, 11) is -3.21. The molecule has 2 N–H and O–H groups in total. The summed E-state index contributed by atoms with van der Waals surface area (Å²) in [6, 6.07) is 6.31. The van der Waals surface area contributed by atoms with Gasteiger partial charge in [0, 0.05) is 6.26 Å². The average molecular weight is 267 g/mol. The number of sulfone groups is 1. The lowest BCUT2D eigenvalue weighted by molar-refractivity contribution is 0.176. The van der Waals surface area contributed by atoms with Crippen LogP contribution in [0, 0.1) is 0 Å². The number of allylic oxidation sites excluding steroid dienone is 1. The molecule has 1 aliphatic heterocycles. The van der Waals surface area contributed by atoms with Gasteiger partial charge in [0.1, 0.15) is 5.76 Å². The van der Waals surface area contributed by atoms with Crippen molar-refractivity contribution < 1.29 is 13.2 Å². The first-order chi connectivity index (χ1) is 8.48. The van der Waals surface area contributed by atoms with Crippen LogP contribution in [0.5, 0.6) is 0 Å². The summed E-state index contributed by atoms with van der Waals surface area (Å²) in [5, 5.41) is 0. The van der Waals surface area contributed by atoms with E-state index in [0.717, 1.165) is 24.2 Å². The molecule has 1 aromatic rings. The fourth-order valence-corrected chi connectivity index (χ4v) is 2.57. The molecule has 0 saturated heterocycles. The molecule has 0 aliphatic carbocycles. The maximum absolute atomic E-state index is 11.5. The Morgan fingerprint density at radius 3 is 2.78 bits per heavy atom. The Kier molecular flexibility index (Phi) is 3.73. The molecule has 1 aliphatic rings. The second kappa shape index (κ2) is 5.12. The van der Waals surface area contributed by atoms with Crippen LogP contribution in [0.25, 0.3) is 0 Å². The Bertz CT molecular complexity index is 563. The van der Waals surface area contributed by atoms with Crippen LogP contribution in [0.4, 0.5) is 0 Å². The monoisotopic (exact) mass is 267 g/mol. The highest BCUT2D eigenvalue weighted by Gasteiger charge is 2.17. The van der Waals surface area contributed by atoms with Gasteiger partial charge in [-0.1, -0.05) is 12.1 Å². The number of hydrogen-bond donors (Lipinski definition) is 1. The quantitative estimate of drug-likeness (QED) is 0.906. The minimum atomic E-state index is -3.21. The Hall–Kier alpha value is -1.33. The van der Waals surface area contributed by atoms with Gasteiger partial charge in [-0.15, -0.1) is 0 Å². The molecular formula is C13H17NO3S. The number of hydrogen-bond acceptors (Lipinski definition) is 4. The molecule has 2 rings (SSSR count). The van der Waals surface area contributed by atoms with Crippen LogP contribution in [0.2, 0.25) is 0 Å². The highest BCUT2D eigenvalue weighted by atomic mass is 32.2. The van der Waals surface area contributed by atoms with Crippen molar-refractivity contribution in [3.63, 3.8) is 0 Å². The topological polar surface area (TPSA) is 69.4 Å². The van der Waals surface area contributed by atoms with E-state index in [1.165, 1.54) is 6.26 Å². The Morgan fingerprint density at radius 2 is 2.17 bits per heavy atom. The summed E-state index contributed by atoms with van der Waals surface area (Å²) in [5.74, 6) is 0.729. The zero-order valence-corrected chi connectivity index (χ0v) is 11.1. The predicted molar refractivity (Wildman–Crippen MR) is 69.7 cm³/mol. The third kappa shape index (κ3) is 2.91. The van der Waals surface area contributed by atoms with E-state index in [0.29, 0.717) is 6.61 Å². The molecule has 0 fully saturated rings. The molecule has 1 atom stereocenters. The van der Waals surface area contributed by atoms with Crippen LogP contribution in [-0.2, 0) is 14.6 Å². The molecular weight excluding hydrogens is 250 g/mol. The molecule has 5 heteroatoms. The molecule has 0 saturated carbocycles. The van der Waals surface area contributed by atoms with Gasteiger partial charge in [0.2, 0.25) is 0 Å². The third-order valence-electron chi connectivity index (χ3n) is 2.91. The first-order valence-corrected chi connectivity index (χ1v) is 7.76. The zero-order valence-electron chi connectivity index (χ0n) is 10.3. The molecule has 0 aromatic heterocycles. The molecule has 0 spiro atoms. The van der Waals surface area contributed by atoms with E-state index in [-0.39, 0.29) is 4.90 Å². The standard InChI is InChI=1S/C13H17NO3S/c1-18(15,16)11-6-4-5-10(9-11)13(14)12-7-2-3-8-17-12/h4-7,9,13H,2-3,8,14H2,1H3. The number of benzene rings is 1. The molecule has 18 heavy (non-hydrogen) atoms. The summed E-state index contributed by atoms with van der Waals surface area (Å²) in [6.45, 7) is 0.672. The molecule has 0 radical (unpaired) electrons. The van der Waals surface area contributed by atoms with E-state index in [2.05, 4.69) is 0 Å². The summed E-state index contributed by atoms with van der Waals surface area (Å²) in [4.78, 5) is 0.284. The van der Waals surface area contributed by atoms with Crippen molar-refractivity contribution >= 4 is 9.84 Å². The Morgan fingerprint density at radius 1 is 1.39 bits per heavy atom. The van der Waals surface area contributed by atoms with Gasteiger partial charge in [-0.3, -0.25) is 0 Å². The first kappa shape index (κ1) is 13.1. The first-order valence-electron chi connectivity index (χ1n) is 5.87. The second-order valence-electron chi connectivity index (χ2n) is 4.42. The van der Waals surface area contributed by atoms with E-state index >= 15 is 0 Å². The lowest BCUT2D eigenvalue weighted by atomic mass is 10.0. The fourth-order valence-electron chi connectivity index (χ4n) is 1.90. The van der Waals surface area contributed by atoms with Crippen molar-refractivity contribution in [2.75, 3.05) is 12.9 Å². The second-order valence-corrected chi connectivity index (χ2v) is 6.44. The van der Waals surface area contributed by atoms with Crippen molar-refractivity contribution in [2.24, 2.45) is 5.73 Å². The van der Waals surface area contributed by atoms with Crippen LogP contribution < -0.4 is 5.73 Å². The third-order valence-corrected chi connectivity index (χ3v) is 4.02. The van der Waals surface area contributed by atoms with Gasteiger partial charge in [0.15, 0.2) is 9.84 Å². The number of rotatable bonds is 3. The minimum Gasteiger partial charge on any atom is -0.496 e. The number of nitrogens with two attached hydrogens (primary N) is 1. The van der Waals surface area contributed by atoms with E-state index in [4.69, 9.17) is 10.5 Å². The predicted octanol–water partition coefficient (Wildman–Crippen LogP) is 1.78. The van der Waals surface area contributed by atoms with Crippen LogP contribution in [-0.4, -0.2) is 21.3 Å². The van der Waals surface area contributed by atoms with Crippen LogP contribution in [0.1, 0.15) is 24.4 Å². The summed E-state index contributed by atoms with van der Waals surface area (Å²) in [5.41, 5.74) is 6.85. The maximum Gasteiger partial charge on any atom is 0.175 e. The van der Waals surface area contributed by atoms with E-state index in [9.17, 15) is 8.42 Å². The summed E-state index contributed by atoms with van der Waals surface area (Å²) >= 11 is 0. The fraction of sp³-hybridized carbons (Fsp3) is 0.385. The molecule has 0 amide bonds. The van der Waals surface area contributed by atoms with Crippen molar-refractivity contribution in [1.29, 1.82) is 0 Å². The minimum absolute atomic E-state index is 0.284. The molecule has 1 aromatic carbocycles. The van der Waals surface area contributed by atoms with Crippen molar-refractivity contribution in [2.45, 2.75) is 23.8 Å². The lowest BCUT2D eigenvalue weighted by Crippen LogP contribution is -2.18. The lowest BCUT2D eigenvalue weighted by Gasteiger charge is -2.21. The SMILES string of the molecule is CS(=O)(=O)c1cccc(C(N)C2=CCCCO2)c1. The van der Waals surface area contributed by atoms with Gasteiger partial charge in [-0.05, 0) is 36.6 Å². The highest BCUT2D eigenvalue weighted by Crippen LogP contribution is 2.25. The molecule has 1 heterocycles. The highest BCUT2D eigenvalue weighted by molar-refractivity contribution is 7.90. The van der Waals surface area contributed by atoms with E-state index in [1.807, 2.05) is 12.1 Å². The van der Waals surface area contributed by atoms with Gasteiger partial charge in [0.25, 0.3) is 0 Å². The van der Waals surface area contributed by atoms with Crippen LogP contribution >= 0.6 is 0 Å². The Labute approximate surface area is 107 Å². The van der Waals surface area contributed by atoms with Gasteiger partial charge in [0.05, 0.1) is 17.5 Å². The maximum atomic E-state index is 11.5. The van der Waals surface area contributed by atoms with Crippen molar-refractivity contribution in [3.05, 3.63) is 41.7 Å². The zero-order chi connectivity index (χ0) is 13.2. The molecule has 98 valence electrons. The van der Waals surface area contributed by atoms with Crippen LogP contribution in [0.15, 0.2) is 41.0 Å². The van der Waals surface area contributed by atoms with Crippen molar-refractivity contribution in [3.8, 4) is 0 Å². The normalized spacial score (nSPS) is 17.8. The van der Waals surface area contributed by atoms with Gasteiger partial charge < -0.3 is 10.5 Å². The molecule has 4 nitrogen and oxygen atoms in total. The van der Waals surface area contributed by atoms with E-state index in [1.54, 1.807) is 18.2 Å². The smallest absolute Gasteiger partial charge is 0.175 e. The largest absolute Gasteiger partial charge is 0.496 e. The number of ether oxygens (including phenoxy) is 1. The average Bonchev–Trinajstić information content (AvgIpc) is 2.38.